The summed E-state index contributed by atoms with van der Waals surface area (Å²) in [6.45, 7) is 1.66. The fourth-order valence-electron chi connectivity index (χ4n) is 3.07. The molecule has 4 rings (SSSR count). The van der Waals surface area contributed by atoms with Gasteiger partial charge in [-0.1, -0.05) is 0 Å². The van der Waals surface area contributed by atoms with E-state index in [1.807, 2.05) is 34.7 Å². The van der Waals surface area contributed by atoms with Crippen LogP contribution in [0.5, 0.6) is 0 Å². The van der Waals surface area contributed by atoms with Crippen LogP contribution in [0.1, 0.15) is 17.8 Å². The molecule has 0 bridgehead atoms. The molecule has 0 fully saturated rings. The fourth-order valence-corrected chi connectivity index (χ4v) is 3.07. The van der Waals surface area contributed by atoms with Gasteiger partial charge in [0, 0.05) is 55.8 Å². The molecule has 1 aliphatic heterocycles. The lowest BCUT2D eigenvalue weighted by Crippen LogP contribution is -2.37. The van der Waals surface area contributed by atoms with Crippen LogP contribution < -0.4 is 5.32 Å². The van der Waals surface area contributed by atoms with Gasteiger partial charge in [0.1, 0.15) is 12.2 Å². The van der Waals surface area contributed by atoms with Gasteiger partial charge in [-0.05, 0) is 18.6 Å². The molecule has 7 heteroatoms. The van der Waals surface area contributed by atoms with Gasteiger partial charge in [-0.3, -0.25) is 9.67 Å². The third-order valence-electron chi connectivity index (χ3n) is 4.23. The predicted molar refractivity (Wildman–Crippen MR) is 85.4 cm³/mol. The highest BCUT2D eigenvalue weighted by Gasteiger charge is 2.20. The second kappa shape index (κ2) is 5.92. The molecule has 1 aliphatic rings. The van der Waals surface area contributed by atoms with E-state index >= 15 is 0 Å². The molecule has 0 saturated carbocycles. The van der Waals surface area contributed by atoms with Gasteiger partial charge in [-0.15, -0.1) is 0 Å². The molecule has 0 radical (unpaired) electrons. The number of nitrogens with one attached hydrogen (secondary N) is 1. The van der Waals surface area contributed by atoms with E-state index in [0.717, 1.165) is 43.0 Å². The monoisotopic (exact) mass is 309 g/mol. The highest BCUT2D eigenvalue weighted by Crippen LogP contribution is 2.21. The number of hydrogen-bond donors (Lipinski definition) is 1. The number of hydrogen-bond acceptors (Lipinski definition) is 5. The second-order valence-corrected chi connectivity index (χ2v) is 5.89. The number of pyridine rings is 1. The summed E-state index contributed by atoms with van der Waals surface area (Å²) in [6.07, 6.45) is 9.40. The predicted octanol–water partition coefficient (Wildman–Crippen LogP) is 1.18. The Bertz CT molecular complexity index is 790. The van der Waals surface area contributed by atoms with Crippen LogP contribution >= 0.6 is 0 Å². The van der Waals surface area contributed by atoms with E-state index in [-0.39, 0.29) is 0 Å². The van der Waals surface area contributed by atoms with Gasteiger partial charge in [-0.2, -0.15) is 10.2 Å². The van der Waals surface area contributed by atoms with E-state index in [2.05, 4.69) is 31.7 Å². The number of rotatable bonds is 4. The van der Waals surface area contributed by atoms with Crippen LogP contribution in [-0.4, -0.2) is 35.6 Å². The molecule has 0 unspecified atom stereocenters. The maximum atomic E-state index is 4.58. The van der Waals surface area contributed by atoms with Gasteiger partial charge in [0.25, 0.3) is 0 Å². The van der Waals surface area contributed by atoms with Gasteiger partial charge in [-0.25, -0.2) is 9.67 Å². The Morgan fingerprint density at radius 3 is 3.22 bits per heavy atom. The van der Waals surface area contributed by atoms with Crippen molar-refractivity contribution >= 4 is 0 Å². The Kier molecular flexibility index (Phi) is 3.63. The molecule has 118 valence electrons. The number of fused-ring (bicyclic) bond motifs is 1. The zero-order chi connectivity index (χ0) is 15.6. The van der Waals surface area contributed by atoms with Crippen molar-refractivity contribution < 1.29 is 0 Å². The summed E-state index contributed by atoms with van der Waals surface area (Å²) in [6, 6.07) is 4.39. The molecule has 0 spiro atoms. The van der Waals surface area contributed by atoms with Crippen molar-refractivity contribution in [1.82, 2.24) is 34.8 Å². The normalized spacial score (nSPS) is 17.2. The summed E-state index contributed by atoms with van der Waals surface area (Å²) in [4.78, 5) is 8.46. The van der Waals surface area contributed by atoms with Crippen LogP contribution in [-0.2, 0) is 26.6 Å². The zero-order valence-corrected chi connectivity index (χ0v) is 13.1. The first-order valence-electron chi connectivity index (χ1n) is 7.82. The first-order valence-corrected chi connectivity index (χ1v) is 7.82. The van der Waals surface area contributed by atoms with E-state index in [1.165, 1.54) is 5.56 Å². The van der Waals surface area contributed by atoms with Gasteiger partial charge < -0.3 is 5.32 Å². The molecule has 1 N–H and O–H groups in total. The average Bonchev–Trinajstić information content (AvgIpc) is 3.19. The lowest BCUT2D eigenvalue weighted by atomic mass is 10.1. The van der Waals surface area contributed by atoms with Crippen molar-refractivity contribution in [1.29, 1.82) is 0 Å². The van der Waals surface area contributed by atoms with Crippen molar-refractivity contribution in [2.24, 2.45) is 7.05 Å². The molecule has 3 aromatic heterocycles. The van der Waals surface area contributed by atoms with E-state index in [0.29, 0.717) is 6.04 Å². The summed E-state index contributed by atoms with van der Waals surface area (Å²) in [5.41, 5.74) is 3.22. The summed E-state index contributed by atoms with van der Waals surface area (Å²) >= 11 is 0. The summed E-state index contributed by atoms with van der Waals surface area (Å²) < 4.78 is 3.85. The lowest BCUT2D eigenvalue weighted by Gasteiger charge is -2.23. The summed E-state index contributed by atoms with van der Waals surface area (Å²) in [7, 11) is 1.95. The summed E-state index contributed by atoms with van der Waals surface area (Å²) in [5.74, 6) is 1.08. The van der Waals surface area contributed by atoms with Gasteiger partial charge >= 0.3 is 0 Å². The van der Waals surface area contributed by atoms with Crippen molar-refractivity contribution in [2.45, 2.75) is 32.0 Å². The second-order valence-electron chi connectivity index (χ2n) is 5.89. The third-order valence-corrected chi connectivity index (χ3v) is 4.23. The minimum Gasteiger partial charge on any atom is -0.308 e. The first-order chi connectivity index (χ1) is 11.3. The fraction of sp³-hybridized carbons (Fsp3) is 0.375. The highest BCUT2D eigenvalue weighted by atomic mass is 15.3. The smallest absolute Gasteiger partial charge is 0.138 e. The summed E-state index contributed by atoms with van der Waals surface area (Å²) in [5, 5.41) is 12.5. The van der Waals surface area contributed by atoms with Crippen LogP contribution in [0, 0.1) is 0 Å². The SMILES string of the molecule is Cn1cc(CN[C@H]2CCc3ncnn3C2)c(-c2cccnc2)n1. The van der Waals surface area contributed by atoms with Crippen LogP contribution in [0.2, 0.25) is 0 Å². The van der Waals surface area contributed by atoms with E-state index in [1.54, 1.807) is 12.5 Å². The van der Waals surface area contributed by atoms with Gasteiger partial charge in [0.05, 0.1) is 12.2 Å². The Morgan fingerprint density at radius 1 is 1.39 bits per heavy atom. The number of aromatic nitrogens is 6. The molecule has 1 atom stereocenters. The molecule has 4 heterocycles. The highest BCUT2D eigenvalue weighted by molar-refractivity contribution is 5.61. The standard InChI is InChI=1S/C16H19N7/c1-22-9-13(16(21-22)12-3-2-6-17-7-12)8-18-14-4-5-15-19-11-20-23(15)10-14/h2-3,6-7,9,11,14,18H,4-5,8,10H2,1H3/t14-/m0/s1. The van der Waals surface area contributed by atoms with Gasteiger partial charge in [0.2, 0.25) is 0 Å². The molecule has 0 amide bonds. The van der Waals surface area contributed by atoms with Crippen LogP contribution in [0.3, 0.4) is 0 Å². The van der Waals surface area contributed by atoms with Crippen molar-refractivity contribution in [3.63, 3.8) is 0 Å². The van der Waals surface area contributed by atoms with Crippen LogP contribution in [0.4, 0.5) is 0 Å². The third kappa shape index (κ3) is 2.87. The zero-order valence-electron chi connectivity index (χ0n) is 13.1. The molecule has 0 aromatic carbocycles. The number of nitrogens with zero attached hydrogens (tertiary/aromatic N) is 6. The Hall–Kier alpha value is -2.54. The van der Waals surface area contributed by atoms with E-state index in [9.17, 15) is 0 Å². The molecule has 0 aliphatic carbocycles. The van der Waals surface area contributed by atoms with Crippen LogP contribution in [0.15, 0.2) is 37.1 Å². The molecule has 0 saturated heterocycles. The Balaban J connectivity index is 1.48. The van der Waals surface area contributed by atoms with Crippen molar-refractivity contribution in [3.05, 3.63) is 48.4 Å². The molecule has 7 nitrogen and oxygen atoms in total. The van der Waals surface area contributed by atoms with E-state index < -0.39 is 0 Å². The molecule has 23 heavy (non-hydrogen) atoms. The molecular weight excluding hydrogens is 290 g/mol. The molecular formula is C16H19N7. The maximum absolute atomic E-state index is 4.58. The Morgan fingerprint density at radius 2 is 2.35 bits per heavy atom. The quantitative estimate of drug-likeness (QED) is 0.783. The average molecular weight is 309 g/mol. The minimum absolute atomic E-state index is 0.408. The maximum Gasteiger partial charge on any atom is 0.138 e. The number of aryl methyl sites for hydroxylation is 2. The molecule has 3 aromatic rings. The topological polar surface area (TPSA) is 73.5 Å². The Labute approximate surface area is 134 Å². The van der Waals surface area contributed by atoms with Crippen molar-refractivity contribution in [2.75, 3.05) is 0 Å². The largest absolute Gasteiger partial charge is 0.308 e. The van der Waals surface area contributed by atoms with Gasteiger partial charge in [0.15, 0.2) is 0 Å². The van der Waals surface area contributed by atoms with Crippen LogP contribution in [0.25, 0.3) is 11.3 Å². The first kappa shape index (κ1) is 14.1. The van der Waals surface area contributed by atoms with E-state index in [4.69, 9.17) is 0 Å². The minimum atomic E-state index is 0.408. The lowest BCUT2D eigenvalue weighted by molar-refractivity contribution is 0.358. The van der Waals surface area contributed by atoms with Crippen molar-refractivity contribution in [3.8, 4) is 11.3 Å².